The number of hydrogen-bond donors (Lipinski definition) is 3. The van der Waals surface area contributed by atoms with E-state index in [1.54, 1.807) is 0 Å². The van der Waals surface area contributed by atoms with Gasteiger partial charge in [0.2, 0.25) is 0 Å². The highest BCUT2D eigenvalue weighted by atomic mass is 32.2. The van der Waals surface area contributed by atoms with Crippen LogP contribution in [0.1, 0.15) is 10.4 Å². The largest absolute Gasteiger partial charge is 0.460 e. The van der Waals surface area contributed by atoms with E-state index in [0.717, 1.165) is 36.4 Å². The number of nitrogens with one attached hydrogen (secondary N) is 3. The molecule has 31 heavy (non-hydrogen) atoms. The predicted molar refractivity (Wildman–Crippen MR) is 101 cm³/mol. The fourth-order valence-corrected chi connectivity index (χ4v) is 2.91. The lowest BCUT2D eigenvalue weighted by atomic mass is 10.2. The summed E-state index contributed by atoms with van der Waals surface area (Å²) in [5.74, 6) is -7.41. The second-order valence-corrected chi connectivity index (χ2v) is 7.35. The van der Waals surface area contributed by atoms with Gasteiger partial charge in [0, 0.05) is 16.1 Å². The van der Waals surface area contributed by atoms with E-state index in [-0.39, 0.29) is 16.4 Å². The van der Waals surface area contributed by atoms with Crippen molar-refractivity contribution in [1.82, 2.24) is 10.9 Å². The van der Waals surface area contributed by atoms with Crippen LogP contribution in [0.15, 0.2) is 53.4 Å². The zero-order valence-corrected chi connectivity index (χ0v) is 16.5. The average molecular weight is 489 g/mol. The molecule has 0 bridgehead atoms. The Kier molecular flexibility index (Phi) is 7.36. The van der Waals surface area contributed by atoms with Gasteiger partial charge in [0.05, 0.1) is 0 Å². The molecular formula is C17H11F8N3OS2. The number of hydrazine groups is 1. The van der Waals surface area contributed by atoms with Crippen molar-refractivity contribution in [3.8, 4) is 0 Å². The highest BCUT2D eigenvalue weighted by molar-refractivity contribution is 8.00. The van der Waals surface area contributed by atoms with E-state index in [2.05, 4.69) is 16.2 Å². The van der Waals surface area contributed by atoms with Gasteiger partial charge < -0.3 is 5.32 Å². The lowest BCUT2D eigenvalue weighted by Crippen LogP contribution is -2.49. The summed E-state index contributed by atoms with van der Waals surface area (Å²) < 4.78 is 102. The Bertz CT molecular complexity index is 934. The first-order valence-corrected chi connectivity index (χ1v) is 9.20. The molecule has 0 spiro atoms. The number of rotatable bonds is 5. The maximum atomic E-state index is 13.4. The summed E-state index contributed by atoms with van der Waals surface area (Å²) in [5, 5.41) is -3.07. The van der Waals surface area contributed by atoms with Crippen LogP contribution in [0.2, 0.25) is 0 Å². The molecule has 0 heterocycles. The van der Waals surface area contributed by atoms with Crippen LogP contribution < -0.4 is 16.2 Å². The minimum atomic E-state index is -6.42. The van der Waals surface area contributed by atoms with Crippen LogP contribution in [0.25, 0.3) is 0 Å². The fraction of sp³-hybridized carbons (Fsp3) is 0.176. The molecule has 0 fully saturated rings. The minimum absolute atomic E-state index is 0.120. The van der Waals surface area contributed by atoms with Gasteiger partial charge in [0.25, 0.3) is 5.91 Å². The van der Waals surface area contributed by atoms with Crippen molar-refractivity contribution >= 4 is 40.7 Å². The number of hydrogen-bond acceptors (Lipinski definition) is 3. The number of carbonyl (C=O) groups excluding carboxylic acids is 1. The van der Waals surface area contributed by atoms with Crippen LogP contribution >= 0.6 is 24.0 Å². The molecule has 2 aromatic carbocycles. The van der Waals surface area contributed by atoms with Gasteiger partial charge in [-0.15, -0.1) is 0 Å². The molecule has 0 saturated carbocycles. The van der Waals surface area contributed by atoms with Crippen molar-refractivity contribution in [2.45, 2.75) is 22.2 Å². The lowest BCUT2D eigenvalue weighted by Gasteiger charge is -2.27. The maximum Gasteiger partial charge on any atom is 0.460 e. The summed E-state index contributed by atoms with van der Waals surface area (Å²) in [6, 6.07) is 8.53. The van der Waals surface area contributed by atoms with Gasteiger partial charge in [-0.2, -0.15) is 30.7 Å². The van der Waals surface area contributed by atoms with E-state index in [0.29, 0.717) is 0 Å². The SMILES string of the molecule is O=C(NNC(=S)Nc1ccc(SC(F)(F)C(F)(F)C(F)(F)F)cc1)c1ccc(F)cc1. The second-order valence-electron chi connectivity index (χ2n) is 5.76. The number of halogens is 8. The number of amides is 1. The van der Waals surface area contributed by atoms with Crippen molar-refractivity contribution in [1.29, 1.82) is 0 Å². The number of thioether (sulfide) groups is 1. The number of alkyl halides is 7. The van der Waals surface area contributed by atoms with Crippen LogP contribution in [0.4, 0.5) is 40.8 Å². The van der Waals surface area contributed by atoms with Crippen molar-refractivity contribution in [2.75, 3.05) is 5.32 Å². The van der Waals surface area contributed by atoms with Gasteiger partial charge in [0.1, 0.15) is 5.82 Å². The number of anilines is 1. The third-order valence-electron chi connectivity index (χ3n) is 3.48. The third kappa shape index (κ3) is 6.19. The number of thiocarbonyl (C=S) groups is 1. The maximum absolute atomic E-state index is 13.4. The van der Waals surface area contributed by atoms with E-state index >= 15 is 0 Å². The van der Waals surface area contributed by atoms with E-state index in [4.69, 9.17) is 12.2 Å². The van der Waals surface area contributed by atoms with Gasteiger partial charge >= 0.3 is 17.4 Å². The molecule has 0 radical (unpaired) electrons. The molecule has 3 N–H and O–H groups in total. The highest BCUT2D eigenvalue weighted by Crippen LogP contribution is 2.53. The summed E-state index contributed by atoms with van der Waals surface area (Å²) in [6.45, 7) is 0. The first-order chi connectivity index (χ1) is 14.2. The molecule has 168 valence electrons. The Morgan fingerprint density at radius 2 is 1.39 bits per heavy atom. The zero-order valence-electron chi connectivity index (χ0n) is 14.9. The van der Waals surface area contributed by atoms with Gasteiger partial charge in [-0.3, -0.25) is 15.6 Å². The Balaban J connectivity index is 1.92. The predicted octanol–water partition coefficient (Wildman–Crippen LogP) is 5.34. The molecule has 2 aromatic rings. The van der Waals surface area contributed by atoms with E-state index in [9.17, 15) is 39.9 Å². The summed E-state index contributed by atoms with van der Waals surface area (Å²) in [4.78, 5) is 11.3. The minimum Gasteiger partial charge on any atom is -0.331 e. The molecule has 1 amide bonds. The smallest absolute Gasteiger partial charge is 0.331 e. The standard InChI is InChI=1S/C17H11F8N3OS2/c18-10-3-1-9(2-4-10)13(29)27-28-14(30)26-11-5-7-12(8-6-11)31-17(24,25)15(19,20)16(21,22)23/h1-8H,(H,27,29)(H2,26,28,30). The van der Waals surface area contributed by atoms with Crippen LogP contribution in [0, 0.1) is 5.82 Å². The fourth-order valence-electron chi connectivity index (χ4n) is 1.93. The Hall–Kier alpha value is -2.61. The molecule has 0 aromatic heterocycles. The van der Waals surface area contributed by atoms with Gasteiger partial charge in [-0.25, -0.2) is 4.39 Å². The summed E-state index contributed by atoms with van der Waals surface area (Å²) in [6.07, 6.45) is -6.42. The zero-order chi connectivity index (χ0) is 23.4. The number of carbonyl (C=O) groups is 1. The molecule has 4 nitrogen and oxygen atoms in total. The third-order valence-corrected chi connectivity index (χ3v) is 4.70. The molecule has 2 rings (SSSR count). The molecule has 0 aliphatic carbocycles. The normalized spacial score (nSPS) is 12.3. The van der Waals surface area contributed by atoms with Crippen molar-refractivity contribution in [3.05, 3.63) is 59.9 Å². The van der Waals surface area contributed by atoms with Crippen molar-refractivity contribution < 1.29 is 39.9 Å². The first kappa shape index (κ1) is 24.7. The van der Waals surface area contributed by atoms with Crippen LogP contribution in [0.5, 0.6) is 0 Å². The first-order valence-electron chi connectivity index (χ1n) is 7.97. The summed E-state index contributed by atoms with van der Waals surface area (Å²) in [7, 11) is 0. The van der Waals surface area contributed by atoms with Crippen LogP contribution in [-0.2, 0) is 0 Å². The summed E-state index contributed by atoms with van der Waals surface area (Å²) in [5.41, 5.74) is 4.79. The molecule has 0 aliphatic rings. The monoisotopic (exact) mass is 489 g/mol. The van der Waals surface area contributed by atoms with Crippen LogP contribution in [0.3, 0.4) is 0 Å². The van der Waals surface area contributed by atoms with Gasteiger partial charge in [-0.1, -0.05) is 0 Å². The Morgan fingerprint density at radius 3 is 1.90 bits per heavy atom. The summed E-state index contributed by atoms with van der Waals surface area (Å²) >= 11 is 3.95. The number of benzene rings is 2. The van der Waals surface area contributed by atoms with Crippen LogP contribution in [-0.4, -0.2) is 28.4 Å². The second kappa shape index (κ2) is 9.26. The molecule has 0 aliphatic heterocycles. The molecular weight excluding hydrogens is 478 g/mol. The Morgan fingerprint density at radius 1 is 0.839 bits per heavy atom. The van der Waals surface area contributed by atoms with Crippen molar-refractivity contribution in [3.63, 3.8) is 0 Å². The van der Waals surface area contributed by atoms with Crippen molar-refractivity contribution in [2.24, 2.45) is 0 Å². The molecule has 0 atom stereocenters. The van der Waals surface area contributed by atoms with E-state index in [1.807, 2.05) is 0 Å². The Labute approximate surface area is 179 Å². The highest BCUT2D eigenvalue weighted by Gasteiger charge is 2.73. The topological polar surface area (TPSA) is 53.2 Å². The molecule has 0 unspecified atom stereocenters. The average Bonchev–Trinajstić information content (AvgIpc) is 2.67. The van der Waals surface area contributed by atoms with E-state index < -0.39 is 45.7 Å². The lowest BCUT2D eigenvalue weighted by molar-refractivity contribution is -0.330. The van der Waals surface area contributed by atoms with Gasteiger partial charge in [-0.05, 0) is 72.5 Å². The quantitative estimate of drug-likeness (QED) is 0.229. The van der Waals surface area contributed by atoms with E-state index in [1.165, 1.54) is 12.1 Å². The molecule has 14 heteroatoms. The van der Waals surface area contributed by atoms with Gasteiger partial charge in [0.15, 0.2) is 5.11 Å². The molecule has 0 saturated heterocycles.